The Morgan fingerprint density at radius 2 is 2.05 bits per heavy atom. The quantitative estimate of drug-likeness (QED) is 0.674. The second-order valence-electron chi connectivity index (χ2n) is 4.84. The minimum Gasteiger partial charge on any atom is -0.490 e. The molecule has 0 atom stereocenters. The minimum absolute atomic E-state index is 0.0708. The lowest BCUT2D eigenvalue weighted by Crippen LogP contribution is -2.16. The van der Waals surface area contributed by atoms with Crippen LogP contribution in [0.5, 0.6) is 5.75 Å². The van der Waals surface area contributed by atoms with Crippen LogP contribution in [0.25, 0.3) is 0 Å². The summed E-state index contributed by atoms with van der Waals surface area (Å²) in [6.07, 6.45) is 1.37. The number of para-hydroxylation sites is 1. The van der Waals surface area contributed by atoms with Crippen molar-refractivity contribution in [3.63, 3.8) is 0 Å². The van der Waals surface area contributed by atoms with Gasteiger partial charge in [-0.3, -0.25) is 0 Å². The summed E-state index contributed by atoms with van der Waals surface area (Å²) in [6.45, 7) is 5.26. The van der Waals surface area contributed by atoms with E-state index in [1.165, 1.54) is 6.07 Å². The maximum atomic E-state index is 13.8. The average Bonchev–Trinajstić information content (AvgIpc) is 2.46. The van der Waals surface area contributed by atoms with Crippen molar-refractivity contribution in [1.29, 1.82) is 0 Å². The van der Waals surface area contributed by atoms with Crippen LogP contribution >= 0.6 is 0 Å². The predicted molar refractivity (Wildman–Crippen MR) is 82.8 cm³/mol. The summed E-state index contributed by atoms with van der Waals surface area (Å²) in [6, 6.07) is 4.80. The van der Waals surface area contributed by atoms with Crippen molar-refractivity contribution in [2.24, 2.45) is 0 Å². The molecule has 0 heterocycles. The maximum absolute atomic E-state index is 13.8. The number of halogens is 1. The van der Waals surface area contributed by atoms with E-state index in [9.17, 15) is 12.8 Å². The zero-order valence-corrected chi connectivity index (χ0v) is 13.5. The Hall–Kier alpha value is -1.14. The molecular weight excluding hydrogens is 293 g/mol. The standard InChI is InChI=1S/C15H24FNO3S/c1-3-9-17-12-13-7-5-8-14(16)15(13)20-10-6-11-21(18,19)4-2/h5,7-8,17H,3-4,6,9-12H2,1-2H3. The molecule has 0 spiro atoms. The van der Waals surface area contributed by atoms with Crippen LogP contribution in [0, 0.1) is 5.82 Å². The highest BCUT2D eigenvalue weighted by Crippen LogP contribution is 2.22. The van der Waals surface area contributed by atoms with Crippen molar-refractivity contribution >= 4 is 9.84 Å². The first-order valence-corrected chi connectivity index (χ1v) is 9.13. The number of nitrogens with one attached hydrogen (secondary N) is 1. The summed E-state index contributed by atoms with van der Waals surface area (Å²) in [5.74, 6) is -0.000536. The molecule has 6 heteroatoms. The molecule has 1 aromatic rings. The Kier molecular flexibility index (Phi) is 7.67. The zero-order chi connectivity index (χ0) is 15.7. The van der Waals surface area contributed by atoms with E-state index in [1.54, 1.807) is 13.0 Å². The Morgan fingerprint density at radius 1 is 1.29 bits per heavy atom. The highest BCUT2D eigenvalue weighted by atomic mass is 32.2. The maximum Gasteiger partial charge on any atom is 0.165 e. The van der Waals surface area contributed by atoms with Crippen molar-refractivity contribution in [2.75, 3.05) is 24.7 Å². The Labute approximate surface area is 126 Å². The third kappa shape index (κ3) is 6.44. The second-order valence-corrected chi connectivity index (χ2v) is 7.32. The van der Waals surface area contributed by atoms with E-state index in [0.717, 1.165) is 18.5 Å². The molecule has 0 saturated carbocycles. The monoisotopic (exact) mass is 317 g/mol. The Balaban J connectivity index is 2.57. The fraction of sp³-hybridized carbons (Fsp3) is 0.600. The van der Waals surface area contributed by atoms with Crippen LogP contribution in [0.4, 0.5) is 4.39 Å². The van der Waals surface area contributed by atoms with Gasteiger partial charge in [-0.25, -0.2) is 12.8 Å². The molecular formula is C15H24FNO3S. The van der Waals surface area contributed by atoms with E-state index in [4.69, 9.17) is 4.74 Å². The number of hydrogen-bond acceptors (Lipinski definition) is 4. The topological polar surface area (TPSA) is 55.4 Å². The molecule has 120 valence electrons. The van der Waals surface area contributed by atoms with Crippen LogP contribution in [-0.4, -0.2) is 33.1 Å². The van der Waals surface area contributed by atoms with Gasteiger partial charge < -0.3 is 10.1 Å². The first-order chi connectivity index (χ1) is 10.00. The molecule has 1 rings (SSSR count). The van der Waals surface area contributed by atoms with E-state index in [2.05, 4.69) is 12.2 Å². The molecule has 0 aromatic heterocycles. The SMILES string of the molecule is CCCNCc1cccc(F)c1OCCCS(=O)(=O)CC. The van der Waals surface area contributed by atoms with Crippen molar-refractivity contribution in [1.82, 2.24) is 5.32 Å². The highest BCUT2D eigenvalue weighted by Gasteiger charge is 2.11. The van der Waals surface area contributed by atoms with Gasteiger partial charge in [0.25, 0.3) is 0 Å². The molecule has 0 unspecified atom stereocenters. The summed E-state index contributed by atoms with van der Waals surface area (Å²) >= 11 is 0. The lowest BCUT2D eigenvalue weighted by atomic mass is 10.2. The second kappa shape index (κ2) is 9.00. The summed E-state index contributed by atoms with van der Waals surface area (Å²) in [4.78, 5) is 0. The molecule has 0 aliphatic rings. The highest BCUT2D eigenvalue weighted by molar-refractivity contribution is 7.91. The summed E-state index contributed by atoms with van der Waals surface area (Å²) < 4.78 is 42.0. The van der Waals surface area contributed by atoms with Gasteiger partial charge in [0.2, 0.25) is 0 Å². The van der Waals surface area contributed by atoms with Crippen LogP contribution in [0.15, 0.2) is 18.2 Å². The number of sulfone groups is 1. The van der Waals surface area contributed by atoms with Crippen molar-refractivity contribution in [2.45, 2.75) is 33.2 Å². The third-order valence-corrected chi connectivity index (χ3v) is 4.87. The largest absolute Gasteiger partial charge is 0.490 e. The molecule has 0 aliphatic heterocycles. The van der Waals surface area contributed by atoms with Crippen molar-refractivity contribution in [3.05, 3.63) is 29.6 Å². The van der Waals surface area contributed by atoms with Gasteiger partial charge in [0.1, 0.15) is 9.84 Å². The number of rotatable bonds is 10. The van der Waals surface area contributed by atoms with Gasteiger partial charge in [-0.2, -0.15) is 0 Å². The molecule has 21 heavy (non-hydrogen) atoms. The molecule has 0 aliphatic carbocycles. The number of ether oxygens (including phenoxy) is 1. The molecule has 0 bridgehead atoms. The molecule has 1 N–H and O–H groups in total. The van der Waals surface area contributed by atoms with Crippen LogP contribution in [0.1, 0.15) is 32.3 Å². The van der Waals surface area contributed by atoms with E-state index < -0.39 is 15.7 Å². The van der Waals surface area contributed by atoms with Crippen LogP contribution in [0.3, 0.4) is 0 Å². The first kappa shape index (κ1) is 17.9. The Morgan fingerprint density at radius 3 is 2.71 bits per heavy atom. The van der Waals surface area contributed by atoms with Crippen LogP contribution in [-0.2, 0) is 16.4 Å². The number of benzene rings is 1. The van der Waals surface area contributed by atoms with E-state index in [1.807, 2.05) is 6.07 Å². The molecule has 0 fully saturated rings. The van der Waals surface area contributed by atoms with Gasteiger partial charge in [0.05, 0.1) is 12.4 Å². The van der Waals surface area contributed by atoms with Crippen LogP contribution in [0.2, 0.25) is 0 Å². The molecule has 4 nitrogen and oxygen atoms in total. The van der Waals surface area contributed by atoms with Crippen LogP contribution < -0.4 is 10.1 Å². The fourth-order valence-electron chi connectivity index (χ4n) is 1.85. The molecule has 0 amide bonds. The van der Waals surface area contributed by atoms with Gasteiger partial charge in [0.15, 0.2) is 11.6 Å². The molecule has 1 aromatic carbocycles. The van der Waals surface area contributed by atoms with Gasteiger partial charge in [-0.1, -0.05) is 26.0 Å². The number of hydrogen-bond donors (Lipinski definition) is 1. The van der Waals surface area contributed by atoms with Crippen molar-refractivity contribution < 1.29 is 17.5 Å². The van der Waals surface area contributed by atoms with E-state index in [0.29, 0.717) is 13.0 Å². The molecule has 0 saturated heterocycles. The van der Waals surface area contributed by atoms with Gasteiger partial charge in [-0.05, 0) is 25.5 Å². The van der Waals surface area contributed by atoms with Gasteiger partial charge in [-0.15, -0.1) is 0 Å². The smallest absolute Gasteiger partial charge is 0.165 e. The minimum atomic E-state index is -3.00. The summed E-state index contributed by atoms with van der Waals surface area (Å²) in [5.41, 5.74) is 0.752. The summed E-state index contributed by atoms with van der Waals surface area (Å²) in [7, 11) is -3.00. The zero-order valence-electron chi connectivity index (χ0n) is 12.7. The van der Waals surface area contributed by atoms with Crippen molar-refractivity contribution in [3.8, 4) is 5.75 Å². The predicted octanol–water partition coefficient (Wildman–Crippen LogP) is 2.53. The van der Waals surface area contributed by atoms with E-state index in [-0.39, 0.29) is 23.9 Å². The Bertz CT molecular complexity index is 532. The lowest BCUT2D eigenvalue weighted by Gasteiger charge is -2.13. The third-order valence-electron chi connectivity index (χ3n) is 3.08. The molecule has 0 radical (unpaired) electrons. The summed E-state index contributed by atoms with van der Waals surface area (Å²) in [5, 5.41) is 3.20. The van der Waals surface area contributed by atoms with Gasteiger partial charge in [0, 0.05) is 17.9 Å². The average molecular weight is 317 g/mol. The van der Waals surface area contributed by atoms with E-state index >= 15 is 0 Å². The first-order valence-electron chi connectivity index (χ1n) is 7.31. The fourth-order valence-corrected chi connectivity index (χ4v) is 2.70. The normalized spacial score (nSPS) is 11.6. The van der Waals surface area contributed by atoms with Gasteiger partial charge >= 0.3 is 0 Å². The lowest BCUT2D eigenvalue weighted by molar-refractivity contribution is 0.297.